The van der Waals surface area contributed by atoms with Gasteiger partial charge in [0, 0.05) is 0 Å². The van der Waals surface area contributed by atoms with Gasteiger partial charge in [0.05, 0.1) is 6.16 Å². The summed E-state index contributed by atoms with van der Waals surface area (Å²) in [6.07, 6.45) is 1.03. The van der Waals surface area contributed by atoms with Crippen LogP contribution in [-0.4, -0.2) is 14.2 Å². The van der Waals surface area contributed by atoms with Gasteiger partial charge in [0.25, 0.3) is 0 Å². The molecule has 0 saturated carbocycles. The molecule has 0 unspecified atom stereocenters. The van der Waals surface area contributed by atoms with Gasteiger partial charge in [-0.2, -0.15) is 0 Å². The minimum absolute atomic E-state index is 1.03. The van der Waals surface area contributed by atoms with E-state index in [1.165, 1.54) is 21.5 Å². The molecule has 4 rings (SSSR count). The van der Waals surface area contributed by atoms with Gasteiger partial charge in [0.15, 0.2) is 0 Å². The first-order valence-corrected chi connectivity index (χ1v) is 16.2. The summed E-state index contributed by atoms with van der Waals surface area (Å²) in [5, 5.41) is 4.30. The first-order valence-electron chi connectivity index (χ1n) is 10.00. The Morgan fingerprint density at radius 2 is 0.667 bits per heavy atom. The first-order chi connectivity index (χ1) is 15.3. The molecule has 0 amide bonds. The molecule has 0 aliphatic rings. The maximum Gasteiger partial charge on any atom is 0.116 e. The molecule has 0 radical (unpaired) electrons. The third kappa shape index (κ3) is 8.07. The van der Waals surface area contributed by atoms with E-state index >= 15 is 0 Å². The smallest absolute Gasteiger partial charge is 0.0622 e. The van der Waals surface area contributed by atoms with Crippen LogP contribution in [0.1, 0.15) is 5.56 Å². The summed E-state index contributed by atoms with van der Waals surface area (Å²) in [6, 6.07) is 44.0. The van der Waals surface area contributed by atoms with E-state index in [4.69, 9.17) is 0 Å². The van der Waals surface area contributed by atoms with Crippen LogP contribution in [0.3, 0.4) is 0 Å². The molecule has 0 N–H and O–H groups in total. The van der Waals surface area contributed by atoms with Crippen molar-refractivity contribution in [3.05, 3.63) is 127 Å². The molecule has 0 aromatic heterocycles. The summed E-state index contributed by atoms with van der Waals surface area (Å²) in [7, 11) is -1.78. The van der Waals surface area contributed by atoms with Crippen molar-refractivity contribution in [2.75, 3.05) is 0 Å². The zero-order valence-corrected chi connectivity index (χ0v) is 20.2. The average Bonchev–Trinajstić information content (AvgIpc) is 2.78. The number of halogens is 6. The van der Waals surface area contributed by atoms with Crippen LogP contribution in [0.25, 0.3) is 0 Å². The molecule has 0 spiro atoms. The van der Waals surface area contributed by atoms with Crippen LogP contribution >= 0.6 is 7.26 Å². The van der Waals surface area contributed by atoms with E-state index < -0.39 is 21.4 Å². The Morgan fingerprint density at radius 3 is 0.939 bits per heavy atom. The quantitative estimate of drug-likeness (QED) is 0.141. The number of hydrogen-bond acceptors (Lipinski definition) is 0. The summed E-state index contributed by atoms with van der Waals surface area (Å²) in [4.78, 5) is 0. The first kappa shape index (κ1) is 25.1. The van der Waals surface area contributed by atoms with Crippen LogP contribution in [0, 0.1) is 0 Å². The molecule has 0 aliphatic carbocycles. The topological polar surface area (TPSA) is 0 Å². The molecule has 0 atom stereocenters. The van der Waals surface area contributed by atoms with Crippen molar-refractivity contribution in [3.8, 4) is 0 Å². The van der Waals surface area contributed by atoms with Crippen LogP contribution < -0.4 is 15.9 Å². The number of benzene rings is 4. The van der Waals surface area contributed by atoms with Crippen LogP contribution in [0.5, 0.6) is 0 Å². The van der Waals surface area contributed by atoms with E-state index in [-0.39, 0.29) is 0 Å². The van der Waals surface area contributed by atoms with Crippen molar-refractivity contribution < 1.29 is 20.8 Å². The largest absolute Gasteiger partial charge is 0.116 e. The fourth-order valence-corrected chi connectivity index (χ4v) is 7.87. The Labute approximate surface area is 191 Å². The average molecular weight is 542 g/mol. The Morgan fingerprint density at radius 1 is 0.424 bits per heavy atom. The second-order valence-corrected chi connectivity index (χ2v) is 14.9. The van der Waals surface area contributed by atoms with Gasteiger partial charge in [0.2, 0.25) is 0 Å². The fourth-order valence-electron chi connectivity index (χ4n) is 3.63. The number of rotatable bonds is 5. The second-order valence-electron chi connectivity index (χ2n) is 7.42. The van der Waals surface area contributed by atoms with Gasteiger partial charge in [0.1, 0.15) is 23.2 Å². The van der Waals surface area contributed by atoms with Crippen molar-refractivity contribution in [2.45, 2.75) is 6.16 Å². The van der Waals surface area contributed by atoms with Crippen LogP contribution in [-0.2, 0) is 6.16 Å². The molecule has 8 heteroatoms. The Bertz CT molecular complexity index is 1040. The van der Waals surface area contributed by atoms with E-state index in [2.05, 4.69) is 121 Å². The molecule has 4 aromatic rings. The minimum Gasteiger partial charge on any atom is -0.0622 e. The van der Waals surface area contributed by atoms with Gasteiger partial charge in [-0.1, -0.05) is 84.9 Å². The van der Waals surface area contributed by atoms with Gasteiger partial charge in [-0.15, -0.1) is 0 Å². The summed E-state index contributed by atoms with van der Waals surface area (Å²) >= 11 is -11.1. The minimum atomic E-state index is -11.1. The molecule has 0 heterocycles. The number of hydrogen-bond donors (Lipinski definition) is 0. The van der Waals surface area contributed by atoms with E-state index in [1.54, 1.807) is 0 Å². The fraction of sp³-hybridized carbons (Fsp3) is 0.0400. The molecule has 0 nitrogen and oxygen atoms in total. The molecule has 174 valence electrons. The SMILES string of the molecule is F[As-](F)(F)(F)(F)F.c1ccc(C[P+](c2ccccc2)(c2ccccc2)c2ccccc2)cc1. The van der Waals surface area contributed by atoms with E-state index in [0.717, 1.165) is 6.16 Å². The maximum atomic E-state index is 9.91. The standard InChI is InChI=1S/C25H22P.AsF6/c1-5-13-22(14-6-1)21-26(23-15-7-2-8-16-23,24-17-9-3-10-18-24)25-19-11-4-12-20-25;2-1(3,4,5,6)7/h1-20H,21H2;/q+1;-1. The van der Waals surface area contributed by atoms with E-state index in [1.807, 2.05) is 0 Å². The molecule has 0 aliphatic heterocycles. The van der Waals surface area contributed by atoms with E-state index in [0.29, 0.717) is 0 Å². The normalized spacial score (nSPS) is 13.8. The van der Waals surface area contributed by atoms with Crippen molar-refractivity contribution in [1.82, 2.24) is 0 Å². The van der Waals surface area contributed by atoms with Crippen LogP contribution in [0.15, 0.2) is 121 Å². The summed E-state index contributed by atoms with van der Waals surface area (Å²) in [5.74, 6) is 0. The Balaban J connectivity index is 0.000000383. The Kier molecular flexibility index (Phi) is 6.84. The summed E-state index contributed by atoms with van der Waals surface area (Å²) < 4.78 is 59.4. The molecule has 0 fully saturated rings. The van der Waals surface area contributed by atoms with Gasteiger partial charge >= 0.3 is 35.0 Å². The second kappa shape index (κ2) is 9.00. The molecule has 0 bridgehead atoms. The predicted octanol–water partition coefficient (Wildman–Crippen LogP) is 7.32. The zero-order valence-electron chi connectivity index (χ0n) is 17.4. The molecule has 33 heavy (non-hydrogen) atoms. The van der Waals surface area contributed by atoms with Gasteiger partial charge < -0.3 is 0 Å². The predicted molar refractivity (Wildman–Crippen MR) is 128 cm³/mol. The van der Waals surface area contributed by atoms with Crippen molar-refractivity contribution in [3.63, 3.8) is 0 Å². The monoisotopic (exact) mass is 542 g/mol. The van der Waals surface area contributed by atoms with Crippen LogP contribution in [0.4, 0.5) is 20.8 Å². The maximum absolute atomic E-state index is 11.1. The zero-order chi connectivity index (χ0) is 24.1. The van der Waals surface area contributed by atoms with Gasteiger partial charge in [-0.05, 0) is 42.0 Å². The molecule has 4 aromatic carbocycles. The molecular weight excluding hydrogens is 520 g/mol. The Hall–Kier alpha value is -2.55. The molecule has 0 saturated heterocycles. The van der Waals surface area contributed by atoms with Crippen molar-refractivity contribution in [1.29, 1.82) is 0 Å². The third-order valence-electron chi connectivity index (χ3n) is 4.85. The van der Waals surface area contributed by atoms with Crippen molar-refractivity contribution in [2.24, 2.45) is 0 Å². The van der Waals surface area contributed by atoms with E-state index in [9.17, 15) is 20.8 Å². The molecular formula is C25H22AsF6P. The van der Waals surface area contributed by atoms with Crippen molar-refractivity contribution >= 4 is 37.3 Å². The summed E-state index contributed by atoms with van der Waals surface area (Å²) in [6.45, 7) is 0. The van der Waals surface area contributed by atoms with Gasteiger partial charge in [-0.3, -0.25) is 0 Å². The summed E-state index contributed by atoms with van der Waals surface area (Å²) in [5.41, 5.74) is 1.39. The van der Waals surface area contributed by atoms with Crippen LogP contribution in [0.2, 0.25) is 0 Å². The van der Waals surface area contributed by atoms with Gasteiger partial charge in [-0.25, -0.2) is 0 Å². The third-order valence-corrected chi connectivity index (χ3v) is 9.23.